The normalized spacial score (nSPS) is 17.6. The van der Waals surface area contributed by atoms with E-state index in [-0.39, 0.29) is 6.10 Å². The van der Waals surface area contributed by atoms with Crippen LogP contribution in [-0.4, -0.2) is 29.3 Å². The highest BCUT2D eigenvalue weighted by Gasteiger charge is 2.24. The van der Waals surface area contributed by atoms with Crippen LogP contribution in [0.4, 0.5) is 0 Å². The highest BCUT2D eigenvalue weighted by molar-refractivity contribution is 7.17. The molecule has 4 nitrogen and oxygen atoms in total. The maximum atomic E-state index is 6.28. The van der Waals surface area contributed by atoms with Crippen LogP contribution in [0, 0.1) is 0 Å². The third-order valence-electron chi connectivity index (χ3n) is 4.97. The lowest BCUT2D eigenvalue weighted by Gasteiger charge is -2.17. The quantitative estimate of drug-likeness (QED) is 0.479. The average Bonchev–Trinajstić information content (AvgIpc) is 3.40. The highest BCUT2D eigenvalue weighted by atomic mass is 32.1. The summed E-state index contributed by atoms with van der Waals surface area (Å²) in [5.41, 5.74) is 4.12. The molecule has 1 fully saturated rings. The number of likely N-dealkylation sites (tertiary alicyclic amines) is 1. The fourth-order valence-corrected chi connectivity index (χ4v) is 4.47. The summed E-state index contributed by atoms with van der Waals surface area (Å²) >= 11 is 1.65. The number of benzene rings is 2. The van der Waals surface area contributed by atoms with Crippen molar-refractivity contribution in [1.82, 2.24) is 10.1 Å². The van der Waals surface area contributed by atoms with Gasteiger partial charge < -0.3 is 9.26 Å². The number of hydrogen-bond acceptors (Lipinski definition) is 5. The highest BCUT2D eigenvalue weighted by Crippen LogP contribution is 2.33. The molecule has 5 heteroatoms. The van der Waals surface area contributed by atoms with E-state index >= 15 is 0 Å². The van der Waals surface area contributed by atoms with Crippen LogP contribution in [0.25, 0.3) is 21.5 Å². The molecule has 1 aliphatic heterocycles. The average molecular weight is 376 g/mol. The Morgan fingerprint density at radius 2 is 2.04 bits per heavy atom. The van der Waals surface area contributed by atoms with Crippen molar-refractivity contribution in [3.05, 3.63) is 71.6 Å². The van der Waals surface area contributed by atoms with Gasteiger partial charge in [-0.25, -0.2) is 0 Å². The minimum absolute atomic E-state index is 0.225. The van der Waals surface area contributed by atoms with Gasteiger partial charge in [-0.3, -0.25) is 4.90 Å². The maximum Gasteiger partial charge on any atom is 0.178 e. The Hall–Kier alpha value is -2.63. The topological polar surface area (TPSA) is 38.5 Å². The van der Waals surface area contributed by atoms with E-state index in [0.29, 0.717) is 0 Å². The van der Waals surface area contributed by atoms with Crippen LogP contribution in [0.1, 0.15) is 12.0 Å². The van der Waals surface area contributed by atoms with Crippen LogP contribution in [-0.2, 0) is 6.54 Å². The monoisotopic (exact) mass is 376 g/mol. The zero-order valence-corrected chi connectivity index (χ0v) is 15.7. The standard InChI is InChI=1S/C22H20N2O2S/c1-2-5-16(6-3-1)14-24-11-9-19(15-24)25-18-8-4-7-17(13-18)21-22-20(26-23-21)10-12-27-22/h1-8,10,12-13,19H,9,11,14-15H2. The van der Waals surface area contributed by atoms with Gasteiger partial charge in [-0.15, -0.1) is 11.3 Å². The van der Waals surface area contributed by atoms with E-state index in [1.54, 1.807) is 11.3 Å². The van der Waals surface area contributed by atoms with Crippen molar-refractivity contribution in [2.75, 3.05) is 13.1 Å². The molecule has 0 N–H and O–H groups in total. The molecule has 3 heterocycles. The number of hydrogen-bond donors (Lipinski definition) is 0. The Morgan fingerprint density at radius 1 is 1.11 bits per heavy atom. The fourth-order valence-electron chi connectivity index (χ4n) is 3.65. The van der Waals surface area contributed by atoms with Gasteiger partial charge in [0, 0.05) is 25.2 Å². The van der Waals surface area contributed by atoms with Crippen molar-refractivity contribution < 1.29 is 9.26 Å². The smallest absolute Gasteiger partial charge is 0.178 e. The first-order chi connectivity index (χ1) is 13.3. The van der Waals surface area contributed by atoms with Crippen molar-refractivity contribution >= 4 is 21.6 Å². The van der Waals surface area contributed by atoms with Crippen molar-refractivity contribution in [2.45, 2.75) is 19.1 Å². The molecule has 1 atom stereocenters. The van der Waals surface area contributed by atoms with Crippen LogP contribution in [0.3, 0.4) is 0 Å². The Labute approximate surface area is 162 Å². The minimum Gasteiger partial charge on any atom is -0.489 e. The molecule has 136 valence electrons. The predicted molar refractivity (Wildman–Crippen MR) is 108 cm³/mol. The van der Waals surface area contributed by atoms with Crippen molar-refractivity contribution in [1.29, 1.82) is 0 Å². The second kappa shape index (κ2) is 7.18. The molecule has 4 aromatic rings. The third kappa shape index (κ3) is 3.48. The second-order valence-corrected chi connectivity index (χ2v) is 7.84. The van der Waals surface area contributed by atoms with Crippen molar-refractivity contribution in [2.24, 2.45) is 0 Å². The van der Waals surface area contributed by atoms with Gasteiger partial charge in [0.1, 0.15) is 22.2 Å². The molecular weight excluding hydrogens is 356 g/mol. The number of fused-ring (bicyclic) bond motifs is 1. The number of rotatable bonds is 5. The number of ether oxygens (including phenoxy) is 1. The summed E-state index contributed by atoms with van der Waals surface area (Å²) in [5.74, 6) is 0.895. The fraction of sp³-hybridized carbons (Fsp3) is 0.227. The maximum absolute atomic E-state index is 6.28. The van der Waals surface area contributed by atoms with E-state index in [0.717, 1.165) is 53.3 Å². The lowest BCUT2D eigenvalue weighted by atomic mass is 10.1. The zero-order chi connectivity index (χ0) is 18.1. The number of thiophene rings is 1. The molecular formula is C22H20N2O2S. The molecule has 27 heavy (non-hydrogen) atoms. The zero-order valence-electron chi connectivity index (χ0n) is 14.9. The Kier molecular flexibility index (Phi) is 4.40. The largest absolute Gasteiger partial charge is 0.489 e. The SMILES string of the molecule is c1ccc(CN2CCC(Oc3cccc(-c4noc5ccsc45)c3)C2)cc1. The summed E-state index contributed by atoms with van der Waals surface area (Å²) in [6, 6.07) is 20.7. The van der Waals surface area contributed by atoms with E-state index in [1.807, 2.05) is 23.6 Å². The molecule has 5 rings (SSSR count). The van der Waals surface area contributed by atoms with Crippen molar-refractivity contribution in [3.8, 4) is 17.0 Å². The van der Waals surface area contributed by atoms with Gasteiger partial charge in [0.05, 0.1) is 0 Å². The van der Waals surface area contributed by atoms with Gasteiger partial charge in [0.2, 0.25) is 0 Å². The lowest BCUT2D eigenvalue weighted by molar-refractivity contribution is 0.198. The van der Waals surface area contributed by atoms with Crippen molar-refractivity contribution in [3.63, 3.8) is 0 Å². The van der Waals surface area contributed by atoms with Crippen LogP contribution < -0.4 is 4.74 Å². The molecule has 0 aliphatic carbocycles. The molecule has 2 aromatic carbocycles. The first kappa shape index (κ1) is 16.5. The molecule has 1 aliphatic rings. The first-order valence-corrected chi connectivity index (χ1v) is 10.1. The Morgan fingerprint density at radius 3 is 2.96 bits per heavy atom. The summed E-state index contributed by atoms with van der Waals surface area (Å²) in [4.78, 5) is 2.46. The molecule has 0 radical (unpaired) electrons. The van der Waals surface area contributed by atoms with Crippen LogP contribution in [0.15, 0.2) is 70.6 Å². The van der Waals surface area contributed by atoms with Gasteiger partial charge in [0.25, 0.3) is 0 Å². The van der Waals surface area contributed by atoms with E-state index < -0.39 is 0 Å². The van der Waals surface area contributed by atoms with Crippen LogP contribution in [0.2, 0.25) is 0 Å². The molecule has 0 bridgehead atoms. The number of nitrogens with zero attached hydrogens (tertiary/aromatic N) is 2. The summed E-state index contributed by atoms with van der Waals surface area (Å²) in [7, 11) is 0. The summed E-state index contributed by atoms with van der Waals surface area (Å²) < 4.78 is 12.8. The molecule has 0 saturated carbocycles. The predicted octanol–water partition coefficient (Wildman–Crippen LogP) is 5.21. The molecule has 2 aromatic heterocycles. The van der Waals surface area contributed by atoms with Gasteiger partial charge >= 0.3 is 0 Å². The third-order valence-corrected chi connectivity index (χ3v) is 5.87. The van der Waals surface area contributed by atoms with Crippen LogP contribution >= 0.6 is 11.3 Å². The Bertz CT molecular complexity index is 1040. The van der Waals surface area contributed by atoms with Gasteiger partial charge in [-0.2, -0.15) is 0 Å². The number of aromatic nitrogens is 1. The first-order valence-electron chi connectivity index (χ1n) is 9.21. The van der Waals surface area contributed by atoms with Gasteiger partial charge in [-0.05, 0) is 35.6 Å². The summed E-state index contributed by atoms with van der Waals surface area (Å²) in [5, 5.41) is 6.26. The van der Waals surface area contributed by atoms with Gasteiger partial charge in [-0.1, -0.05) is 47.6 Å². The van der Waals surface area contributed by atoms with Crippen LogP contribution in [0.5, 0.6) is 5.75 Å². The van der Waals surface area contributed by atoms with E-state index in [4.69, 9.17) is 9.26 Å². The molecule has 0 amide bonds. The second-order valence-electron chi connectivity index (χ2n) is 6.92. The van der Waals surface area contributed by atoms with E-state index in [9.17, 15) is 0 Å². The minimum atomic E-state index is 0.225. The summed E-state index contributed by atoms with van der Waals surface area (Å²) in [6.45, 7) is 3.01. The lowest BCUT2D eigenvalue weighted by Crippen LogP contribution is -2.24. The molecule has 1 saturated heterocycles. The molecule has 1 unspecified atom stereocenters. The summed E-state index contributed by atoms with van der Waals surface area (Å²) in [6.07, 6.45) is 1.28. The van der Waals surface area contributed by atoms with E-state index in [1.165, 1.54) is 5.56 Å². The van der Waals surface area contributed by atoms with E-state index in [2.05, 4.69) is 52.5 Å². The molecule has 0 spiro atoms. The Balaban J connectivity index is 1.27. The van der Waals surface area contributed by atoms with Gasteiger partial charge in [0.15, 0.2) is 5.58 Å².